The van der Waals surface area contributed by atoms with Gasteiger partial charge >= 0.3 is 6.03 Å². The van der Waals surface area contributed by atoms with E-state index in [0.717, 1.165) is 29.7 Å². The topological polar surface area (TPSA) is 52.6 Å². The number of carbonyl (C=O) groups excluding carboxylic acids is 1. The molecule has 2 amide bonds. The van der Waals surface area contributed by atoms with Crippen molar-refractivity contribution in [1.82, 2.24) is 10.2 Å². The highest BCUT2D eigenvalue weighted by Crippen LogP contribution is 2.35. The number of urea groups is 1. The maximum atomic E-state index is 13.4. The molecule has 0 saturated carbocycles. The number of nitrogens with one attached hydrogen (secondary N) is 1. The largest absolute Gasteiger partial charge is 0.393 e. The number of aliphatic hydroxyl groups is 1. The molecule has 23 heavy (non-hydrogen) atoms. The lowest BCUT2D eigenvalue weighted by molar-refractivity contribution is 0.0541. The first-order valence-electron chi connectivity index (χ1n) is 8.09. The number of benzene rings is 1. The van der Waals surface area contributed by atoms with Gasteiger partial charge in [0.15, 0.2) is 0 Å². The van der Waals surface area contributed by atoms with Crippen LogP contribution in [0.5, 0.6) is 0 Å². The van der Waals surface area contributed by atoms with Crippen molar-refractivity contribution in [3.05, 3.63) is 35.1 Å². The molecule has 0 radical (unpaired) electrons. The third-order valence-corrected chi connectivity index (χ3v) is 5.44. The Morgan fingerprint density at radius 1 is 1.35 bits per heavy atom. The van der Waals surface area contributed by atoms with Crippen molar-refractivity contribution in [1.29, 1.82) is 0 Å². The maximum Gasteiger partial charge on any atom is 0.318 e. The van der Waals surface area contributed by atoms with Gasteiger partial charge in [-0.15, -0.1) is 0 Å². The van der Waals surface area contributed by atoms with Crippen molar-refractivity contribution >= 4 is 17.8 Å². The Morgan fingerprint density at radius 3 is 2.70 bits per heavy atom. The standard InChI is InChI=1S/C17H23FN2O2S/c1-23-10-12-6-13(18)3-2-11(12)9-19-17(22)20-14-4-5-15(20)8-16(21)7-14/h2-3,6,14-16,21H,4-5,7-10H2,1H3,(H,19,22). The number of hydrogen-bond acceptors (Lipinski definition) is 3. The van der Waals surface area contributed by atoms with E-state index in [1.165, 1.54) is 6.07 Å². The molecule has 3 rings (SSSR count). The molecule has 2 atom stereocenters. The van der Waals surface area contributed by atoms with E-state index in [9.17, 15) is 14.3 Å². The van der Waals surface area contributed by atoms with Crippen LogP contribution in [0.3, 0.4) is 0 Å². The molecular formula is C17H23FN2O2S. The second-order valence-electron chi connectivity index (χ2n) is 6.42. The van der Waals surface area contributed by atoms with Crippen molar-refractivity contribution in [3.63, 3.8) is 0 Å². The minimum atomic E-state index is -0.276. The number of nitrogens with zero attached hydrogens (tertiary/aromatic N) is 1. The molecule has 2 aliphatic heterocycles. The monoisotopic (exact) mass is 338 g/mol. The Labute approximate surface area is 140 Å². The Morgan fingerprint density at radius 2 is 2.04 bits per heavy atom. The summed E-state index contributed by atoms with van der Waals surface area (Å²) in [5.41, 5.74) is 1.88. The molecule has 2 bridgehead atoms. The van der Waals surface area contributed by atoms with Crippen LogP contribution >= 0.6 is 11.8 Å². The highest BCUT2D eigenvalue weighted by atomic mass is 32.2. The highest BCUT2D eigenvalue weighted by Gasteiger charge is 2.42. The Balaban J connectivity index is 1.64. The SMILES string of the molecule is CSCc1cc(F)ccc1CNC(=O)N1C2CCC1CC(O)C2. The molecule has 1 aromatic rings. The Bertz CT molecular complexity index is 570. The molecule has 2 unspecified atom stereocenters. The fourth-order valence-corrected chi connectivity index (χ4v) is 4.38. The lowest BCUT2D eigenvalue weighted by atomic mass is 10.0. The van der Waals surface area contributed by atoms with E-state index in [2.05, 4.69) is 5.32 Å². The summed E-state index contributed by atoms with van der Waals surface area (Å²) in [4.78, 5) is 14.4. The fraction of sp³-hybridized carbons (Fsp3) is 0.588. The lowest BCUT2D eigenvalue weighted by Gasteiger charge is -2.37. The van der Waals surface area contributed by atoms with Gasteiger partial charge in [0.25, 0.3) is 0 Å². The maximum absolute atomic E-state index is 13.4. The van der Waals surface area contributed by atoms with E-state index < -0.39 is 0 Å². The molecule has 2 fully saturated rings. The van der Waals surface area contributed by atoms with Gasteiger partial charge in [-0.25, -0.2) is 9.18 Å². The summed E-state index contributed by atoms with van der Waals surface area (Å²) in [6.45, 7) is 0.410. The third-order valence-electron chi connectivity index (χ3n) is 4.84. The molecule has 1 aromatic carbocycles. The van der Waals surface area contributed by atoms with Crippen molar-refractivity contribution < 1.29 is 14.3 Å². The van der Waals surface area contributed by atoms with E-state index in [1.807, 2.05) is 11.2 Å². The molecule has 0 aromatic heterocycles. The summed E-state index contributed by atoms with van der Waals surface area (Å²) >= 11 is 1.63. The van der Waals surface area contributed by atoms with Crippen LogP contribution in [0.15, 0.2) is 18.2 Å². The molecule has 0 spiro atoms. The van der Waals surface area contributed by atoms with Gasteiger partial charge in [0.1, 0.15) is 5.82 Å². The first kappa shape index (κ1) is 16.6. The van der Waals surface area contributed by atoms with Crippen LogP contribution in [0.1, 0.15) is 36.8 Å². The number of amides is 2. The summed E-state index contributed by atoms with van der Waals surface area (Å²) < 4.78 is 13.4. The number of halogens is 1. The van der Waals surface area contributed by atoms with Crippen molar-refractivity contribution in [2.24, 2.45) is 0 Å². The molecule has 4 nitrogen and oxygen atoms in total. The van der Waals surface area contributed by atoms with Crippen molar-refractivity contribution in [2.45, 2.75) is 56.2 Å². The summed E-state index contributed by atoms with van der Waals surface area (Å²) in [6, 6.07) is 4.97. The van der Waals surface area contributed by atoms with Gasteiger partial charge in [-0.1, -0.05) is 6.07 Å². The fourth-order valence-electron chi connectivity index (χ4n) is 3.80. The Kier molecular flexibility index (Phi) is 5.11. The van der Waals surface area contributed by atoms with Crippen molar-refractivity contribution in [3.8, 4) is 0 Å². The van der Waals surface area contributed by atoms with Crippen LogP contribution in [-0.4, -0.2) is 40.5 Å². The molecule has 2 N–H and O–H groups in total. The number of rotatable bonds is 4. The molecule has 126 valence electrons. The van der Waals surface area contributed by atoms with Gasteiger partial charge in [-0.3, -0.25) is 0 Å². The van der Waals surface area contributed by atoms with Crippen LogP contribution in [0, 0.1) is 5.82 Å². The van der Waals surface area contributed by atoms with Crippen LogP contribution in [0.25, 0.3) is 0 Å². The number of piperidine rings is 1. The van der Waals surface area contributed by atoms with Gasteiger partial charge in [-0.2, -0.15) is 11.8 Å². The van der Waals surface area contributed by atoms with Gasteiger partial charge in [0, 0.05) is 24.4 Å². The number of carbonyl (C=O) groups is 1. The summed E-state index contributed by atoms with van der Waals surface area (Å²) in [5.74, 6) is 0.483. The summed E-state index contributed by atoms with van der Waals surface area (Å²) in [5, 5.41) is 12.8. The first-order chi connectivity index (χ1) is 11.1. The van der Waals surface area contributed by atoms with Gasteiger partial charge in [0.2, 0.25) is 0 Å². The minimum Gasteiger partial charge on any atom is -0.393 e. The molecule has 2 saturated heterocycles. The number of aliphatic hydroxyl groups excluding tert-OH is 1. The van der Waals surface area contributed by atoms with Gasteiger partial charge in [-0.05, 0) is 55.2 Å². The highest BCUT2D eigenvalue weighted by molar-refractivity contribution is 7.97. The zero-order chi connectivity index (χ0) is 16.4. The van der Waals surface area contributed by atoms with Crippen LogP contribution in [-0.2, 0) is 12.3 Å². The lowest BCUT2D eigenvalue weighted by Crippen LogP contribution is -2.51. The normalized spacial score (nSPS) is 26.4. The van der Waals surface area contributed by atoms with Crippen LogP contribution in [0.4, 0.5) is 9.18 Å². The van der Waals surface area contributed by atoms with Gasteiger partial charge in [0.05, 0.1) is 6.10 Å². The molecule has 2 heterocycles. The predicted octanol–water partition coefficient (Wildman–Crippen LogP) is 2.89. The van der Waals surface area contributed by atoms with E-state index in [4.69, 9.17) is 0 Å². The van der Waals surface area contributed by atoms with Crippen LogP contribution in [0.2, 0.25) is 0 Å². The molecular weight excluding hydrogens is 315 g/mol. The van der Waals surface area contributed by atoms with Gasteiger partial charge < -0.3 is 15.3 Å². The number of hydrogen-bond donors (Lipinski definition) is 2. The quantitative estimate of drug-likeness (QED) is 0.887. The minimum absolute atomic E-state index is 0.0659. The van der Waals surface area contributed by atoms with E-state index in [-0.39, 0.29) is 30.0 Å². The molecule has 2 aliphatic rings. The molecule has 0 aliphatic carbocycles. The average molecular weight is 338 g/mol. The summed E-state index contributed by atoms with van der Waals surface area (Å²) in [7, 11) is 0. The smallest absolute Gasteiger partial charge is 0.318 e. The second-order valence-corrected chi connectivity index (χ2v) is 7.29. The van der Waals surface area contributed by atoms with E-state index in [1.54, 1.807) is 23.9 Å². The van der Waals surface area contributed by atoms with E-state index in [0.29, 0.717) is 19.4 Å². The number of fused-ring (bicyclic) bond motifs is 2. The number of thioether (sulfide) groups is 1. The zero-order valence-electron chi connectivity index (χ0n) is 13.3. The first-order valence-corrected chi connectivity index (χ1v) is 9.48. The second kappa shape index (κ2) is 7.09. The van der Waals surface area contributed by atoms with Crippen LogP contribution < -0.4 is 5.32 Å². The average Bonchev–Trinajstić information content (AvgIpc) is 2.78. The van der Waals surface area contributed by atoms with Crippen molar-refractivity contribution in [2.75, 3.05) is 6.26 Å². The Hall–Kier alpha value is -1.27. The predicted molar refractivity (Wildman–Crippen MR) is 89.7 cm³/mol. The van der Waals surface area contributed by atoms with E-state index >= 15 is 0 Å². The zero-order valence-corrected chi connectivity index (χ0v) is 14.1. The third kappa shape index (κ3) is 3.63. The molecule has 6 heteroatoms. The summed E-state index contributed by atoms with van der Waals surface area (Å²) in [6.07, 6.45) is 5.01.